The maximum absolute atomic E-state index is 11.5. The Morgan fingerprint density at radius 2 is 1.73 bits per heavy atom. The Labute approximate surface area is 149 Å². The molecular formula is C17H10N4O4S. The van der Waals surface area contributed by atoms with Gasteiger partial charge >= 0.3 is 11.1 Å². The quantitative estimate of drug-likeness (QED) is 0.327. The minimum Gasteiger partial charge on any atom is -0.316 e. The number of fused-ring (bicyclic) bond motifs is 2. The summed E-state index contributed by atoms with van der Waals surface area (Å²) in [6.07, 6.45) is 3.37. The van der Waals surface area contributed by atoms with Gasteiger partial charge in [-0.15, -0.1) is 0 Å². The lowest BCUT2D eigenvalue weighted by Crippen LogP contribution is -2.28. The van der Waals surface area contributed by atoms with Crippen molar-refractivity contribution < 1.29 is 4.92 Å². The first-order valence-corrected chi connectivity index (χ1v) is 8.30. The van der Waals surface area contributed by atoms with Gasteiger partial charge < -0.3 is 9.97 Å². The minimum atomic E-state index is -0.853. The van der Waals surface area contributed by atoms with Gasteiger partial charge in [0, 0.05) is 28.7 Å². The summed E-state index contributed by atoms with van der Waals surface area (Å²) in [6.45, 7) is 0. The Morgan fingerprint density at radius 1 is 1.00 bits per heavy atom. The van der Waals surface area contributed by atoms with Crippen LogP contribution in [0.1, 0.15) is 0 Å². The molecule has 0 unspecified atom stereocenters. The molecule has 0 bridgehead atoms. The van der Waals surface area contributed by atoms with Crippen molar-refractivity contribution in [3.05, 3.63) is 79.6 Å². The van der Waals surface area contributed by atoms with Gasteiger partial charge in [-0.25, -0.2) is 0 Å². The normalized spacial score (nSPS) is 11.1. The van der Waals surface area contributed by atoms with E-state index in [1.807, 2.05) is 24.3 Å². The van der Waals surface area contributed by atoms with E-state index in [9.17, 15) is 19.7 Å². The molecule has 0 atom stereocenters. The molecule has 0 aliphatic carbocycles. The second-order valence-electron chi connectivity index (χ2n) is 5.49. The van der Waals surface area contributed by atoms with E-state index in [1.165, 1.54) is 23.9 Å². The van der Waals surface area contributed by atoms with E-state index in [0.717, 1.165) is 15.7 Å². The van der Waals surface area contributed by atoms with Gasteiger partial charge in [0.2, 0.25) is 0 Å². The topological polar surface area (TPSA) is 122 Å². The van der Waals surface area contributed by atoms with Gasteiger partial charge in [-0.3, -0.25) is 24.7 Å². The van der Waals surface area contributed by atoms with E-state index in [4.69, 9.17) is 0 Å². The van der Waals surface area contributed by atoms with Crippen molar-refractivity contribution >= 4 is 39.3 Å². The molecule has 128 valence electrons. The number of H-pyrrole nitrogens is 2. The summed E-state index contributed by atoms with van der Waals surface area (Å²) in [5.41, 5.74) is -1.29. The van der Waals surface area contributed by atoms with E-state index < -0.39 is 16.0 Å². The van der Waals surface area contributed by atoms with Crippen molar-refractivity contribution in [2.45, 2.75) is 9.79 Å². The molecule has 0 saturated carbocycles. The van der Waals surface area contributed by atoms with Crippen LogP contribution < -0.4 is 11.1 Å². The molecule has 0 radical (unpaired) electrons. The van der Waals surface area contributed by atoms with E-state index in [0.29, 0.717) is 10.4 Å². The van der Waals surface area contributed by atoms with E-state index in [1.54, 1.807) is 12.4 Å². The summed E-state index contributed by atoms with van der Waals surface area (Å²) in [4.78, 5) is 44.0. The average Bonchev–Trinajstić information content (AvgIpc) is 2.63. The van der Waals surface area contributed by atoms with Gasteiger partial charge in [0.25, 0.3) is 5.69 Å². The predicted octanol–water partition coefficient (Wildman–Crippen LogP) is 2.82. The summed E-state index contributed by atoms with van der Waals surface area (Å²) >= 11 is 1.21. The van der Waals surface area contributed by atoms with Gasteiger partial charge in [0.05, 0.1) is 20.9 Å². The number of nitro groups is 1. The molecule has 0 fully saturated rings. The lowest BCUT2D eigenvalue weighted by atomic mass is 10.2. The first kappa shape index (κ1) is 16.0. The highest BCUT2D eigenvalue weighted by molar-refractivity contribution is 7.99. The molecule has 8 nitrogen and oxygen atoms in total. The summed E-state index contributed by atoms with van der Waals surface area (Å²) in [7, 11) is 0. The van der Waals surface area contributed by atoms with Crippen LogP contribution in [0.2, 0.25) is 0 Å². The van der Waals surface area contributed by atoms with Crippen LogP contribution in [0.4, 0.5) is 5.69 Å². The highest BCUT2D eigenvalue weighted by Crippen LogP contribution is 2.39. The van der Waals surface area contributed by atoms with Gasteiger partial charge in [-0.1, -0.05) is 23.9 Å². The number of hydrogen-bond acceptors (Lipinski definition) is 6. The van der Waals surface area contributed by atoms with Crippen molar-refractivity contribution in [2.75, 3.05) is 0 Å². The minimum absolute atomic E-state index is 0.156. The van der Waals surface area contributed by atoms with Gasteiger partial charge in [-0.2, -0.15) is 0 Å². The largest absolute Gasteiger partial charge is 0.316 e. The van der Waals surface area contributed by atoms with Crippen LogP contribution in [0.3, 0.4) is 0 Å². The highest BCUT2D eigenvalue weighted by Gasteiger charge is 2.18. The zero-order valence-electron chi connectivity index (χ0n) is 13.1. The maximum Gasteiger partial charge on any atom is 0.314 e. The lowest BCUT2D eigenvalue weighted by molar-refractivity contribution is -0.387. The smallest absolute Gasteiger partial charge is 0.314 e. The van der Waals surface area contributed by atoms with Crippen molar-refractivity contribution in [2.24, 2.45) is 0 Å². The van der Waals surface area contributed by atoms with Crippen molar-refractivity contribution in [3.63, 3.8) is 0 Å². The molecule has 0 aliphatic heterocycles. The predicted molar refractivity (Wildman–Crippen MR) is 97.7 cm³/mol. The Balaban J connectivity index is 1.93. The fourth-order valence-corrected chi connectivity index (χ4v) is 3.75. The molecular weight excluding hydrogens is 356 g/mol. The van der Waals surface area contributed by atoms with Crippen molar-refractivity contribution in [3.8, 4) is 0 Å². The molecule has 26 heavy (non-hydrogen) atoms. The first-order valence-electron chi connectivity index (χ1n) is 7.48. The Morgan fingerprint density at radius 3 is 2.46 bits per heavy atom. The van der Waals surface area contributed by atoms with E-state index in [-0.39, 0.29) is 11.2 Å². The Kier molecular flexibility index (Phi) is 3.77. The first-order chi connectivity index (χ1) is 12.5. The summed E-state index contributed by atoms with van der Waals surface area (Å²) in [5, 5.41) is 13.3. The van der Waals surface area contributed by atoms with Gasteiger partial charge in [0.15, 0.2) is 0 Å². The van der Waals surface area contributed by atoms with Crippen molar-refractivity contribution in [1.29, 1.82) is 0 Å². The third-order valence-corrected chi connectivity index (χ3v) is 4.98. The summed E-state index contributed by atoms with van der Waals surface area (Å²) in [6, 6.07) is 10.2. The third-order valence-electron chi connectivity index (χ3n) is 3.86. The van der Waals surface area contributed by atoms with Crippen molar-refractivity contribution in [1.82, 2.24) is 15.0 Å². The fraction of sp³-hybridized carbons (Fsp3) is 0. The zero-order chi connectivity index (χ0) is 18.3. The number of benzene rings is 2. The molecule has 2 aromatic carbocycles. The molecule has 2 aromatic heterocycles. The maximum atomic E-state index is 11.5. The number of aromatic nitrogens is 3. The molecule has 0 aliphatic rings. The molecule has 2 heterocycles. The number of nitrogens with zero attached hydrogens (tertiary/aromatic N) is 2. The molecule has 4 aromatic rings. The SMILES string of the molecule is O=c1[nH]c2cc(Sc3cccc4cnccc34)c([N+](=O)[O-])cc2[nH]c1=O. The second kappa shape index (κ2) is 6.12. The fourth-order valence-electron chi connectivity index (χ4n) is 2.66. The van der Waals surface area contributed by atoms with E-state index in [2.05, 4.69) is 15.0 Å². The van der Waals surface area contributed by atoms with Crippen LogP contribution in [0.15, 0.2) is 68.2 Å². The van der Waals surface area contributed by atoms with Gasteiger partial charge in [-0.05, 0) is 23.6 Å². The van der Waals surface area contributed by atoms with Crippen LogP contribution in [-0.4, -0.2) is 19.9 Å². The monoisotopic (exact) mass is 366 g/mol. The Bertz CT molecular complexity index is 1290. The number of nitrogens with one attached hydrogen (secondary N) is 2. The number of hydrogen-bond donors (Lipinski definition) is 2. The standard InChI is InChI=1S/C17H10N4O4S/c22-16-17(23)20-12-7-15(13(21(24)25)6-11(12)19-16)26-14-3-1-2-9-8-18-5-4-10(9)14/h1-8H,(H,19,22)(H,20,23). The lowest BCUT2D eigenvalue weighted by Gasteiger charge is -2.08. The second-order valence-corrected chi connectivity index (χ2v) is 6.57. The van der Waals surface area contributed by atoms with Crippen LogP contribution in [0.25, 0.3) is 21.8 Å². The molecule has 4 rings (SSSR count). The van der Waals surface area contributed by atoms with Gasteiger partial charge in [0.1, 0.15) is 0 Å². The van der Waals surface area contributed by atoms with Crippen LogP contribution in [0, 0.1) is 10.1 Å². The number of nitro benzene ring substituents is 1. The summed E-state index contributed by atoms with van der Waals surface area (Å²) < 4.78 is 0. The Hall–Kier alpha value is -3.46. The van der Waals surface area contributed by atoms with Crippen LogP contribution in [-0.2, 0) is 0 Å². The molecule has 0 saturated heterocycles. The molecule has 9 heteroatoms. The average molecular weight is 366 g/mol. The number of rotatable bonds is 3. The zero-order valence-corrected chi connectivity index (χ0v) is 13.9. The van der Waals surface area contributed by atoms with Crippen LogP contribution >= 0.6 is 11.8 Å². The molecule has 0 spiro atoms. The van der Waals surface area contributed by atoms with Crippen LogP contribution in [0.5, 0.6) is 0 Å². The highest BCUT2D eigenvalue weighted by atomic mass is 32.2. The number of pyridine rings is 1. The number of aromatic amines is 2. The van der Waals surface area contributed by atoms with E-state index >= 15 is 0 Å². The molecule has 0 amide bonds. The summed E-state index contributed by atoms with van der Waals surface area (Å²) in [5.74, 6) is 0. The third kappa shape index (κ3) is 2.74. The molecule has 2 N–H and O–H groups in total.